The van der Waals surface area contributed by atoms with Gasteiger partial charge < -0.3 is 5.32 Å². The molecule has 2 aromatic rings. The highest BCUT2D eigenvalue weighted by Crippen LogP contribution is 2.12. The molecule has 2 heterocycles. The zero-order chi connectivity index (χ0) is 16.3. The van der Waals surface area contributed by atoms with Crippen LogP contribution < -0.4 is 10.9 Å². The molecule has 0 aromatic carbocycles. The minimum atomic E-state index is -0.184. The SMILES string of the molecule is CCc1nn2c(=O)cc(CN(C)CC(=O)NC(C)C)nc2s1. The molecule has 2 rings (SSSR count). The van der Waals surface area contributed by atoms with Crippen molar-refractivity contribution in [1.29, 1.82) is 0 Å². The molecule has 1 amide bonds. The number of nitrogens with zero attached hydrogens (tertiary/aromatic N) is 4. The third-order valence-corrected chi connectivity index (χ3v) is 3.99. The average molecular weight is 323 g/mol. The molecule has 0 bridgehead atoms. The number of hydrogen-bond donors (Lipinski definition) is 1. The summed E-state index contributed by atoms with van der Waals surface area (Å²) in [6.07, 6.45) is 0.776. The lowest BCUT2D eigenvalue weighted by Gasteiger charge is -2.16. The van der Waals surface area contributed by atoms with Crippen LogP contribution >= 0.6 is 11.3 Å². The Morgan fingerprint density at radius 2 is 2.23 bits per heavy atom. The van der Waals surface area contributed by atoms with Gasteiger partial charge in [-0.25, -0.2) is 4.98 Å². The quantitative estimate of drug-likeness (QED) is 0.845. The maximum atomic E-state index is 12.0. The van der Waals surface area contributed by atoms with Gasteiger partial charge in [0.1, 0.15) is 5.01 Å². The molecule has 0 radical (unpaired) electrons. The van der Waals surface area contributed by atoms with Crippen LogP contribution in [0, 0.1) is 0 Å². The number of likely N-dealkylation sites (N-methyl/N-ethyl adjacent to an activating group) is 1. The molecule has 0 saturated heterocycles. The second-order valence-electron chi connectivity index (χ2n) is 5.52. The molecule has 0 fully saturated rings. The smallest absolute Gasteiger partial charge is 0.275 e. The number of fused-ring (bicyclic) bond motifs is 1. The van der Waals surface area contributed by atoms with E-state index in [2.05, 4.69) is 15.4 Å². The third kappa shape index (κ3) is 4.11. The van der Waals surface area contributed by atoms with E-state index < -0.39 is 0 Å². The summed E-state index contributed by atoms with van der Waals surface area (Å²) in [5.41, 5.74) is 0.465. The molecule has 0 spiro atoms. The van der Waals surface area contributed by atoms with E-state index in [1.165, 1.54) is 21.9 Å². The fourth-order valence-corrected chi connectivity index (χ4v) is 2.92. The van der Waals surface area contributed by atoms with E-state index in [9.17, 15) is 9.59 Å². The fourth-order valence-electron chi connectivity index (χ4n) is 2.06. The highest BCUT2D eigenvalue weighted by molar-refractivity contribution is 7.16. The summed E-state index contributed by atoms with van der Waals surface area (Å²) in [6.45, 7) is 6.54. The molecule has 0 aliphatic heterocycles. The Kier molecular flexibility index (Phi) is 5.25. The summed E-state index contributed by atoms with van der Waals surface area (Å²) in [7, 11) is 1.83. The molecule has 120 valence electrons. The number of amides is 1. The van der Waals surface area contributed by atoms with Crippen LogP contribution in [0.3, 0.4) is 0 Å². The maximum absolute atomic E-state index is 12.0. The molecular formula is C14H21N5O2S. The highest BCUT2D eigenvalue weighted by Gasteiger charge is 2.12. The molecule has 8 heteroatoms. The van der Waals surface area contributed by atoms with Crippen molar-refractivity contribution in [1.82, 2.24) is 24.8 Å². The summed E-state index contributed by atoms with van der Waals surface area (Å²) in [4.78, 5) is 30.7. The van der Waals surface area contributed by atoms with E-state index in [1.807, 2.05) is 32.7 Å². The molecule has 0 atom stereocenters. The average Bonchev–Trinajstić information content (AvgIpc) is 2.80. The second-order valence-corrected chi connectivity index (χ2v) is 6.56. The van der Waals surface area contributed by atoms with Crippen LogP contribution in [0.1, 0.15) is 31.5 Å². The molecule has 2 aromatic heterocycles. The number of hydrogen-bond acceptors (Lipinski definition) is 6. The van der Waals surface area contributed by atoms with Gasteiger partial charge in [0.05, 0.1) is 12.2 Å². The van der Waals surface area contributed by atoms with E-state index in [4.69, 9.17) is 0 Å². The summed E-state index contributed by atoms with van der Waals surface area (Å²) in [5, 5.41) is 7.93. The first-order valence-corrected chi connectivity index (χ1v) is 8.07. The van der Waals surface area contributed by atoms with Gasteiger partial charge in [-0.05, 0) is 27.3 Å². The first kappa shape index (κ1) is 16.6. The monoisotopic (exact) mass is 323 g/mol. The molecule has 0 saturated carbocycles. The highest BCUT2D eigenvalue weighted by atomic mass is 32.1. The van der Waals surface area contributed by atoms with Crippen molar-refractivity contribution in [2.24, 2.45) is 0 Å². The zero-order valence-corrected chi connectivity index (χ0v) is 14.1. The van der Waals surface area contributed by atoms with Crippen molar-refractivity contribution in [2.75, 3.05) is 13.6 Å². The number of carbonyl (C=O) groups is 1. The number of aryl methyl sites for hydroxylation is 1. The van der Waals surface area contributed by atoms with Crippen LogP contribution in [0.15, 0.2) is 10.9 Å². The van der Waals surface area contributed by atoms with Gasteiger partial charge in [0.2, 0.25) is 10.9 Å². The summed E-state index contributed by atoms with van der Waals surface area (Å²) in [6, 6.07) is 1.59. The Morgan fingerprint density at radius 3 is 2.86 bits per heavy atom. The predicted molar refractivity (Wildman–Crippen MR) is 86.1 cm³/mol. The number of carbonyl (C=O) groups excluding carboxylic acids is 1. The minimum Gasteiger partial charge on any atom is -0.353 e. The number of rotatable bonds is 6. The number of aromatic nitrogens is 3. The largest absolute Gasteiger partial charge is 0.353 e. The topological polar surface area (TPSA) is 79.6 Å². The van der Waals surface area contributed by atoms with Crippen molar-refractivity contribution >= 4 is 22.2 Å². The first-order chi connectivity index (χ1) is 10.4. The second kappa shape index (κ2) is 6.97. The fraction of sp³-hybridized carbons (Fsp3) is 0.571. The van der Waals surface area contributed by atoms with E-state index >= 15 is 0 Å². The van der Waals surface area contributed by atoms with Crippen LogP contribution in [-0.2, 0) is 17.8 Å². The van der Waals surface area contributed by atoms with Gasteiger partial charge in [0.15, 0.2) is 0 Å². The Bertz CT molecular complexity index is 722. The molecule has 7 nitrogen and oxygen atoms in total. The summed E-state index contributed by atoms with van der Waals surface area (Å²) in [5.74, 6) is -0.0404. The van der Waals surface area contributed by atoms with Gasteiger partial charge in [-0.2, -0.15) is 9.61 Å². The van der Waals surface area contributed by atoms with Gasteiger partial charge in [-0.3, -0.25) is 14.5 Å². The standard InChI is InChI=1S/C14H21N5O2S/c1-5-12-17-19-13(21)6-10(16-14(19)22-12)7-18(4)8-11(20)15-9(2)3/h6,9H,5,7-8H2,1-4H3,(H,15,20). The molecular weight excluding hydrogens is 302 g/mol. The lowest BCUT2D eigenvalue weighted by Crippen LogP contribution is -2.38. The Morgan fingerprint density at radius 1 is 1.50 bits per heavy atom. The molecule has 0 aliphatic rings. The Labute approximate surface area is 133 Å². The Balaban J connectivity index is 2.11. The van der Waals surface area contributed by atoms with Crippen molar-refractivity contribution in [3.63, 3.8) is 0 Å². The normalized spacial score (nSPS) is 11.5. The number of nitrogens with one attached hydrogen (secondary N) is 1. The van der Waals surface area contributed by atoms with Gasteiger partial charge in [0.25, 0.3) is 5.56 Å². The van der Waals surface area contributed by atoms with Crippen LogP contribution in [0.25, 0.3) is 4.96 Å². The van der Waals surface area contributed by atoms with E-state index in [0.29, 0.717) is 17.2 Å². The maximum Gasteiger partial charge on any atom is 0.275 e. The minimum absolute atomic E-state index is 0.0404. The van der Waals surface area contributed by atoms with Crippen LogP contribution in [0.5, 0.6) is 0 Å². The van der Waals surface area contributed by atoms with Crippen LogP contribution in [-0.4, -0.2) is 45.0 Å². The van der Waals surface area contributed by atoms with E-state index in [0.717, 1.165) is 11.4 Å². The van der Waals surface area contributed by atoms with Crippen molar-refractivity contribution in [2.45, 2.75) is 39.8 Å². The molecule has 1 N–H and O–H groups in total. The van der Waals surface area contributed by atoms with E-state index in [-0.39, 0.29) is 24.1 Å². The lowest BCUT2D eigenvalue weighted by molar-refractivity contribution is -0.122. The van der Waals surface area contributed by atoms with E-state index in [1.54, 1.807) is 0 Å². The predicted octanol–water partition coefficient (Wildman–Crippen LogP) is 0.670. The molecule has 0 aliphatic carbocycles. The van der Waals surface area contributed by atoms with Gasteiger partial charge >= 0.3 is 0 Å². The summed E-state index contributed by atoms with van der Waals surface area (Å²) >= 11 is 1.42. The zero-order valence-electron chi connectivity index (χ0n) is 13.3. The van der Waals surface area contributed by atoms with Crippen molar-refractivity contribution in [3.8, 4) is 0 Å². The van der Waals surface area contributed by atoms with Gasteiger partial charge in [0, 0.05) is 18.7 Å². The van der Waals surface area contributed by atoms with Crippen LogP contribution in [0.4, 0.5) is 0 Å². The molecule has 0 unspecified atom stereocenters. The molecule has 22 heavy (non-hydrogen) atoms. The van der Waals surface area contributed by atoms with Crippen molar-refractivity contribution < 1.29 is 4.79 Å². The van der Waals surface area contributed by atoms with Gasteiger partial charge in [-0.15, -0.1) is 0 Å². The first-order valence-electron chi connectivity index (χ1n) is 7.25. The third-order valence-electron chi connectivity index (χ3n) is 2.94. The van der Waals surface area contributed by atoms with Gasteiger partial charge in [-0.1, -0.05) is 18.3 Å². The summed E-state index contributed by atoms with van der Waals surface area (Å²) < 4.78 is 1.33. The van der Waals surface area contributed by atoms with Crippen molar-refractivity contribution in [3.05, 3.63) is 27.1 Å². The lowest BCUT2D eigenvalue weighted by atomic mass is 10.3. The Hall–Kier alpha value is -1.80. The van der Waals surface area contributed by atoms with Crippen LogP contribution in [0.2, 0.25) is 0 Å².